The molecule has 1 atom stereocenters. The summed E-state index contributed by atoms with van der Waals surface area (Å²) in [5.74, 6) is 1.05. The molecule has 1 nitrogen and oxygen atoms in total. The molecule has 0 aromatic rings. The number of carbonyl (C=O) groups excluding carboxylic acids is 1. The molecule has 0 fully saturated rings. The van der Waals surface area contributed by atoms with Crippen molar-refractivity contribution in [3.05, 3.63) is 12.2 Å². The fourth-order valence-electron chi connectivity index (χ4n) is 2.50. The molecular weight excluding hydrogens is 208 g/mol. The zero-order valence-electron chi connectivity index (χ0n) is 11.4. The van der Waals surface area contributed by atoms with Crippen LogP contribution in [0.1, 0.15) is 77.6 Å². The molecule has 98 valence electrons. The lowest BCUT2D eigenvalue weighted by Gasteiger charge is -2.08. The molecule has 0 amide bonds. The van der Waals surface area contributed by atoms with Crippen molar-refractivity contribution in [2.45, 2.75) is 77.6 Å². The molecule has 1 heteroatoms. The number of rotatable bonds is 0. The van der Waals surface area contributed by atoms with E-state index in [0.29, 0.717) is 11.7 Å². The topological polar surface area (TPSA) is 17.1 Å². The molecule has 0 spiro atoms. The molecule has 1 aliphatic carbocycles. The molecule has 0 radical (unpaired) electrons. The van der Waals surface area contributed by atoms with Gasteiger partial charge in [-0.25, -0.2) is 0 Å². The molecule has 1 rings (SSSR count). The van der Waals surface area contributed by atoms with E-state index in [4.69, 9.17) is 0 Å². The first-order chi connectivity index (χ1) is 8.29. The lowest BCUT2D eigenvalue weighted by molar-refractivity contribution is -0.120. The predicted molar refractivity (Wildman–Crippen MR) is 74.1 cm³/mol. The second kappa shape index (κ2) is 9.44. The van der Waals surface area contributed by atoms with Crippen LogP contribution in [0.4, 0.5) is 0 Å². The quantitative estimate of drug-likeness (QED) is 0.538. The highest BCUT2D eigenvalue weighted by atomic mass is 16.1. The Morgan fingerprint density at radius 2 is 1.59 bits per heavy atom. The van der Waals surface area contributed by atoms with Gasteiger partial charge in [0.1, 0.15) is 5.78 Å². The first-order valence-corrected chi connectivity index (χ1v) is 7.45. The van der Waals surface area contributed by atoms with Crippen molar-refractivity contribution in [2.75, 3.05) is 0 Å². The monoisotopic (exact) mass is 236 g/mol. The highest BCUT2D eigenvalue weighted by Gasteiger charge is 2.08. The van der Waals surface area contributed by atoms with Crippen LogP contribution in [-0.2, 0) is 4.79 Å². The average Bonchev–Trinajstić information content (AvgIpc) is 2.30. The Kier molecular flexibility index (Phi) is 8.04. The molecule has 1 aliphatic rings. The van der Waals surface area contributed by atoms with Gasteiger partial charge in [0.15, 0.2) is 0 Å². The first-order valence-electron chi connectivity index (χ1n) is 7.45. The fourth-order valence-corrected chi connectivity index (χ4v) is 2.50. The Morgan fingerprint density at radius 3 is 2.41 bits per heavy atom. The third-order valence-corrected chi connectivity index (χ3v) is 3.65. The van der Waals surface area contributed by atoms with E-state index < -0.39 is 0 Å². The van der Waals surface area contributed by atoms with Gasteiger partial charge in [0.05, 0.1) is 0 Å². The van der Waals surface area contributed by atoms with E-state index in [1.54, 1.807) is 0 Å². The fraction of sp³-hybridized carbons (Fsp3) is 0.812. The Morgan fingerprint density at radius 1 is 0.941 bits per heavy atom. The predicted octanol–water partition coefficient (Wildman–Crippen LogP) is 5.05. The number of hydrogen-bond donors (Lipinski definition) is 0. The summed E-state index contributed by atoms with van der Waals surface area (Å²) in [7, 11) is 0. The summed E-state index contributed by atoms with van der Waals surface area (Å²) in [5.41, 5.74) is 0. The maximum atomic E-state index is 11.7. The Balaban J connectivity index is 2.30. The zero-order chi connectivity index (χ0) is 12.3. The molecule has 0 saturated heterocycles. The summed E-state index contributed by atoms with van der Waals surface area (Å²) in [6.45, 7) is 2.21. The van der Waals surface area contributed by atoms with E-state index in [-0.39, 0.29) is 0 Å². The lowest BCUT2D eigenvalue weighted by atomic mass is 9.96. The van der Waals surface area contributed by atoms with Crippen LogP contribution in [-0.4, -0.2) is 5.78 Å². The van der Waals surface area contributed by atoms with Crippen LogP contribution in [0.3, 0.4) is 0 Å². The van der Waals surface area contributed by atoms with Crippen molar-refractivity contribution in [1.29, 1.82) is 0 Å². The highest BCUT2D eigenvalue weighted by molar-refractivity contribution is 5.78. The summed E-state index contributed by atoms with van der Waals surface area (Å²) in [4.78, 5) is 11.7. The van der Waals surface area contributed by atoms with Crippen molar-refractivity contribution in [3.63, 3.8) is 0 Å². The Labute approximate surface area is 107 Å². The summed E-state index contributed by atoms with van der Waals surface area (Å²) in [6, 6.07) is 0. The normalized spacial score (nSPS) is 28.1. The molecule has 0 N–H and O–H groups in total. The SMILES string of the molecule is CC1CC/C=C\CCCCCCCCC(=O)C1. The Bertz CT molecular complexity index is 230. The van der Waals surface area contributed by atoms with E-state index in [1.807, 2.05) is 0 Å². The van der Waals surface area contributed by atoms with E-state index in [0.717, 1.165) is 25.7 Å². The van der Waals surface area contributed by atoms with Crippen LogP contribution >= 0.6 is 0 Å². The van der Waals surface area contributed by atoms with Crippen molar-refractivity contribution in [2.24, 2.45) is 5.92 Å². The summed E-state index contributed by atoms with van der Waals surface area (Å²) in [5, 5.41) is 0. The number of ketones is 1. The van der Waals surface area contributed by atoms with Crippen LogP contribution in [0.2, 0.25) is 0 Å². The molecular formula is C16H28O. The number of carbonyl (C=O) groups is 1. The minimum Gasteiger partial charge on any atom is -0.300 e. The number of allylic oxidation sites excluding steroid dienone is 2. The number of hydrogen-bond acceptors (Lipinski definition) is 1. The molecule has 0 aliphatic heterocycles. The second-order valence-electron chi connectivity index (χ2n) is 5.56. The van der Waals surface area contributed by atoms with E-state index >= 15 is 0 Å². The summed E-state index contributed by atoms with van der Waals surface area (Å²) < 4.78 is 0. The molecule has 0 aromatic heterocycles. The zero-order valence-corrected chi connectivity index (χ0v) is 11.4. The van der Waals surface area contributed by atoms with Crippen molar-refractivity contribution in [3.8, 4) is 0 Å². The van der Waals surface area contributed by atoms with Gasteiger partial charge in [-0.1, -0.05) is 44.8 Å². The molecule has 0 bridgehead atoms. The minimum atomic E-state index is 0.483. The van der Waals surface area contributed by atoms with Crippen LogP contribution in [0.25, 0.3) is 0 Å². The molecule has 0 heterocycles. The van der Waals surface area contributed by atoms with Crippen LogP contribution < -0.4 is 0 Å². The highest BCUT2D eigenvalue weighted by Crippen LogP contribution is 2.16. The van der Waals surface area contributed by atoms with Gasteiger partial charge < -0.3 is 0 Å². The van der Waals surface area contributed by atoms with Gasteiger partial charge in [-0.2, -0.15) is 0 Å². The number of Topliss-reactive ketones (excluding diaryl/α,β-unsaturated/α-hetero) is 1. The Hall–Kier alpha value is -0.590. The van der Waals surface area contributed by atoms with E-state index in [1.165, 1.54) is 44.9 Å². The molecule has 0 saturated carbocycles. The molecule has 17 heavy (non-hydrogen) atoms. The van der Waals surface area contributed by atoms with Gasteiger partial charge in [-0.15, -0.1) is 0 Å². The van der Waals surface area contributed by atoms with Gasteiger partial charge in [-0.3, -0.25) is 4.79 Å². The van der Waals surface area contributed by atoms with Crippen LogP contribution in [0.15, 0.2) is 12.2 Å². The summed E-state index contributed by atoms with van der Waals surface area (Å²) >= 11 is 0. The maximum Gasteiger partial charge on any atom is 0.133 e. The van der Waals surface area contributed by atoms with Gasteiger partial charge >= 0.3 is 0 Å². The third-order valence-electron chi connectivity index (χ3n) is 3.65. The van der Waals surface area contributed by atoms with Gasteiger partial charge in [0.2, 0.25) is 0 Å². The van der Waals surface area contributed by atoms with Crippen LogP contribution in [0.5, 0.6) is 0 Å². The van der Waals surface area contributed by atoms with Gasteiger partial charge in [-0.05, 0) is 38.0 Å². The smallest absolute Gasteiger partial charge is 0.133 e. The largest absolute Gasteiger partial charge is 0.300 e. The van der Waals surface area contributed by atoms with Crippen molar-refractivity contribution >= 4 is 5.78 Å². The van der Waals surface area contributed by atoms with E-state index in [2.05, 4.69) is 19.1 Å². The molecule has 1 unspecified atom stereocenters. The standard InChI is InChI=1S/C16H28O/c1-15-12-10-8-6-4-2-3-5-7-9-11-13-16(17)14-15/h6,8,15H,2-5,7,9-14H2,1H3/b8-6-. The second-order valence-corrected chi connectivity index (χ2v) is 5.56. The molecule has 0 aromatic carbocycles. The van der Waals surface area contributed by atoms with Gasteiger partial charge in [0.25, 0.3) is 0 Å². The third kappa shape index (κ3) is 8.18. The van der Waals surface area contributed by atoms with Crippen molar-refractivity contribution < 1.29 is 4.79 Å². The average molecular weight is 236 g/mol. The lowest BCUT2D eigenvalue weighted by Crippen LogP contribution is -2.05. The van der Waals surface area contributed by atoms with Crippen LogP contribution in [0, 0.1) is 5.92 Å². The summed E-state index contributed by atoms with van der Waals surface area (Å²) in [6.07, 6.45) is 17.5. The maximum absolute atomic E-state index is 11.7. The first kappa shape index (κ1) is 14.5. The van der Waals surface area contributed by atoms with Gasteiger partial charge in [0, 0.05) is 12.8 Å². The van der Waals surface area contributed by atoms with E-state index in [9.17, 15) is 4.79 Å². The van der Waals surface area contributed by atoms with Crippen molar-refractivity contribution in [1.82, 2.24) is 0 Å². The minimum absolute atomic E-state index is 0.483.